The molecule has 1 unspecified atom stereocenters. The highest BCUT2D eigenvalue weighted by atomic mass is 35.5. The summed E-state index contributed by atoms with van der Waals surface area (Å²) in [5.74, 6) is -0.144. The lowest BCUT2D eigenvalue weighted by atomic mass is 10.1. The standard InChI is InChI=1S/C17H17ClN2O/c1-12(14-5-7-15(18)8-6-14)20-17(21)11-4-13-2-9-16(19)10-3-13/h2-12H,19H2,1H3,(H,20,21)/b11-4+. The van der Waals surface area contributed by atoms with E-state index in [4.69, 9.17) is 17.3 Å². The topological polar surface area (TPSA) is 55.1 Å². The maximum atomic E-state index is 11.9. The van der Waals surface area contributed by atoms with Gasteiger partial charge in [-0.1, -0.05) is 35.9 Å². The molecule has 0 spiro atoms. The first-order valence-electron chi connectivity index (χ1n) is 6.64. The van der Waals surface area contributed by atoms with E-state index in [9.17, 15) is 4.79 Å². The second-order valence-electron chi connectivity index (χ2n) is 4.78. The number of carbonyl (C=O) groups excluding carboxylic acids is 1. The first-order valence-corrected chi connectivity index (χ1v) is 7.02. The van der Waals surface area contributed by atoms with E-state index in [-0.39, 0.29) is 11.9 Å². The van der Waals surface area contributed by atoms with Gasteiger partial charge in [0.25, 0.3) is 0 Å². The minimum atomic E-state index is -0.144. The zero-order chi connectivity index (χ0) is 15.2. The van der Waals surface area contributed by atoms with Gasteiger partial charge in [-0.2, -0.15) is 0 Å². The fraction of sp³-hybridized carbons (Fsp3) is 0.118. The van der Waals surface area contributed by atoms with Gasteiger partial charge in [-0.3, -0.25) is 4.79 Å². The normalized spacial score (nSPS) is 12.3. The van der Waals surface area contributed by atoms with Gasteiger partial charge in [-0.15, -0.1) is 0 Å². The molecule has 0 fully saturated rings. The van der Waals surface area contributed by atoms with E-state index in [2.05, 4.69) is 5.32 Å². The Morgan fingerprint density at radius 3 is 2.38 bits per heavy atom. The van der Waals surface area contributed by atoms with Crippen LogP contribution in [0.1, 0.15) is 24.1 Å². The van der Waals surface area contributed by atoms with Crippen LogP contribution in [-0.4, -0.2) is 5.91 Å². The van der Waals surface area contributed by atoms with Crippen molar-refractivity contribution in [1.82, 2.24) is 5.32 Å². The minimum Gasteiger partial charge on any atom is -0.399 e. The van der Waals surface area contributed by atoms with Crippen molar-refractivity contribution in [3.63, 3.8) is 0 Å². The summed E-state index contributed by atoms with van der Waals surface area (Å²) in [5, 5.41) is 3.58. The van der Waals surface area contributed by atoms with E-state index in [1.807, 2.05) is 43.3 Å². The van der Waals surface area contributed by atoms with Gasteiger partial charge < -0.3 is 11.1 Å². The molecule has 0 aliphatic rings. The summed E-state index contributed by atoms with van der Waals surface area (Å²) in [7, 11) is 0. The Morgan fingerprint density at radius 2 is 1.76 bits per heavy atom. The molecule has 3 nitrogen and oxygen atoms in total. The number of nitrogen functional groups attached to an aromatic ring is 1. The molecule has 3 N–H and O–H groups in total. The van der Waals surface area contributed by atoms with Crippen molar-refractivity contribution in [2.45, 2.75) is 13.0 Å². The molecule has 0 aromatic heterocycles. The van der Waals surface area contributed by atoms with Crippen LogP contribution >= 0.6 is 11.6 Å². The van der Waals surface area contributed by atoms with Crippen LogP contribution in [0.15, 0.2) is 54.6 Å². The van der Waals surface area contributed by atoms with Crippen molar-refractivity contribution >= 4 is 29.3 Å². The molecule has 0 heterocycles. The number of hydrogen-bond acceptors (Lipinski definition) is 2. The number of anilines is 1. The SMILES string of the molecule is CC(NC(=O)/C=C/c1ccc(N)cc1)c1ccc(Cl)cc1. The molecule has 0 radical (unpaired) electrons. The quantitative estimate of drug-likeness (QED) is 0.666. The summed E-state index contributed by atoms with van der Waals surface area (Å²) >= 11 is 5.84. The number of benzene rings is 2. The van der Waals surface area contributed by atoms with Crippen LogP contribution in [0.2, 0.25) is 5.02 Å². The Bertz CT molecular complexity index is 633. The average Bonchev–Trinajstić information content (AvgIpc) is 2.47. The molecule has 2 rings (SSSR count). The maximum absolute atomic E-state index is 11.9. The van der Waals surface area contributed by atoms with E-state index in [1.54, 1.807) is 18.2 Å². The highest BCUT2D eigenvalue weighted by molar-refractivity contribution is 6.30. The Balaban J connectivity index is 1.94. The Kier molecular flexibility index (Phi) is 5.01. The van der Waals surface area contributed by atoms with Crippen LogP contribution in [0, 0.1) is 0 Å². The molecule has 1 atom stereocenters. The summed E-state index contributed by atoms with van der Waals surface area (Å²) in [5.41, 5.74) is 8.25. The van der Waals surface area contributed by atoms with E-state index in [0.29, 0.717) is 10.7 Å². The first kappa shape index (κ1) is 15.1. The van der Waals surface area contributed by atoms with Crippen LogP contribution < -0.4 is 11.1 Å². The highest BCUT2D eigenvalue weighted by Crippen LogP contribution is 2.16. The van der Waals surface area contributed by atoms with Gasteiger partial charge in [0.05, 0.1) is 6.04 Å². The molecule has 2 aromatic carbocycles. The van der Waals surface area contributed by atoms with E-state index < -0.39 is 0 Å². The number of halogens is 1. The third-order valence-electron chi connectivity index (χ3n) is 3.09. The second kappa shape index (κ2) is 6.95. The first-order chi connectivity index (χ1) is 10.0. The lowest BCUT2D eigenvalue weighted by Crippen LogP contribution is -2.24. The van der Waals surface area contributed by atoms with Crippen molar-refractivity contribution < 1.29 is 4.79 Å². The van der Waals surface area contributed by atoms with Crippen molar-refractivity contribution in [1.29, 1.82) is 0 Å². The molecule has 0 saturated carbocycles. The number of nitrogens with one attached hydrogen (secondary N) is 1. The van der Waals surface area contributed by atoms with Gasteiger partial charge in [0.1, 0.15) is 0 Å². The summed E-state index contributed by atoms with van der Waals surface area (Å²) < 4.78 is 0. The molecule has 0 aliphatic heterocycles. The minimum absolute atomic E-state index is 0.0779. The zero-order valence-corrected chi connectivity index (χ0v) is 12.5. The lowest BCUT2D eigenvalue weighted by molar-refractivity contribution is -0.117. The second-order valence-corrected chi connectivity index (χ2v) is 5.22. The Morgan fingerprint density at radius 1 is 1.14 bits per heavy atom. The molecule has 1 amide bonds. The van der Waals surface area contributed by atoms with E-state index >= 15 is 0 Å². The van der Waals surface area contributed by atoms with Crippen molar-refractivity contribution in [3.05, 3.63) is 70.8 Å². The third-order valence-corrected chi connectivity index (χ3v) is 3.34. The Hall–Kier alpha value is -2.26. The molecule has 4 heteroatoms. The highest BCUT2D eigenvalue weighted by Gasteiger charge is 2.07. The molecule has 0 aliphatic carbocycles. The third kappa shape index (κ3) is 4.65. The van der Waals surface area contributed by atoms with Crippen LogP contribution in [0.3, 0.4) is 0 Å². The average molecular weight is 301 g/mol. The number of nitrogens with two attached hydrogens (primary N) is 1. The van der Waals surface area contributed by atoms with Crippen molar-refractivity contribution in [2.24, 2.45) is 0 Å². The largest absolute Gasteiger partial charge is 0.399 e. The molecule has 21 heavy (non-hydrogen) atoms. The van der Waals surface area contributed by atoms with Crippen molar-refractivity contribution in [2.75, 3.05) is 5.73 Å². The molecule has 0 bridgehead atoms. The molecule has 0 saturated heterocycles. The fourth-order valence-electron chi connectivity index (χ4n) is 1.88. The monoisotopic (exact) mass is 300 g/mol. The number of rotatable bonds is 4. The lowest BCUT2D eigenvalue weighted by Gasteiger charge is -2.12. The van der Waals surface area contributed by atoms with Gasteiger partial charge in [0.15, 0.2) is 0 Å². The van der Waals surface area contributed by atoms with Crippen LogP contribution in [0.4, 0.5) is 5.69 Å². The molecule has 2 aromatic rings. The summed E-state index contributed by atoms with van der Waals surface area (Å²) in [6.07, 6.45) is 3.27. The predicted octanol–water partition coefficient (Wildman–Crippen LogP) is 3.81. The van der Waals surface area contributed by atoms with E-state index in [0.717, 1.165) is 11.1 Å². The van der Waals surface area contributed by atoms with Gasteiger partial charge in [0.2, 0.25) is 5.91 Å². The van der Waals surface area contributed by atoms with Crippen LogP contribution in [0.5, 0.6) is 0 Å². The van der Waals surface area contributed by atoms with Crippen LogP contribution in [-0.2, 0) is 4.79 Å². The summed E-state index contributed by atoms with van der Waals surface area (Å²) in [4.78, 5) is 11.9. The molecule has 108 valence electrons. The predicted molar refractivity (Wildman–Crippen MR) is 87.9 cm³/mol. The van der Waals surface area contributed by atoms with E-state index in [1.165, 1.54) is 6.08 Å². The van der Waals surface area contributed by atoms with Gasteiger partial charge >= 0.3 is 0 Å². The fourth-order valence-corrected chi connectivity index (χ4v) is 2.00. The number of hydrogen-bond donors (Lipinski definition) is 2. The van der Waals surface area contributed by atoms with Gasteiger partial charge in [0, 0.05) is 16.8 Å². The van der Waals surface area contributed by atoms with Crippen molar-refractivity contribution in [3.8, 4) is 0 Å². The summed E-state index contributed by atoms with van der Waals surface area (Å²) in [6.45, 7) is 1.93. The van der Waals surface area contributed by atoms with Gasteiger partial charge in [-0.25, -0.2) is 0 Å². The number of amides is 1. The molecular weight excluding hydrogens is 284 g/mol. The van der Waals surface area contributed by atoms with Crippen LogP contribution in [0.25, 0.3) is 6.08 Å². The zero-order valence-electron chi connectivity index (χ0n) is 11.7. The molecular formula is C17H17ClN2O. The number of carbonyl (C=O) groups is 1. The smallest absolute Gasteiger partial charge is 0.244 e. The van der Waals surface area contributed by atoms with Gasteiger partial charge in [-0.05, 0) is 48.4 Å². The Labute approximate surface area is 129 Å². The maximum Gasteiger partial charge on any atom is 0.244 e. The summed E-state index contributed by atoms with van der Waals surface area (Å²) in [6, 6.07) is 14.7.